The Morgan fingerprint density at radius 2 is 1.76 bits per heavy atom. The van der Waals surface area contributed by atoms with Crippen LogP contribution >= 0.6 is 0 Å². The zero-order valence-corrected chi connectivity index (χ0v) is 20.8. The molecule has 2 saturated carbocycles. The molecule has 0 aromatic heterocycles. The predicted octanol–water partition coefficient (Wildman–Crippen LogP) is 9.59. The first-order valence-electron chi connectivity index (χ1n) is 13.7. The maximum absolute atomic E-state index is 14.9. The molecular weight excluding hydrogens is 407 g/mol. The third-order valence-electron chi connectivity index (χ3n) is 8.42. The monoisotopic (exact) mass is 450 g/mol. The quantitative estimate of drug-likeness (QED) is 0.258. The van der Waals surface area contributed by atoms with Gasteiger partial charge in [-0.05, 0) is 79.7 Å². The first-order chi connectivity index (χ1) is 16.2. The number of benzene rings is 2. The molecule has 2 aliphatic rings. The van der Waals surface area contributed by atoms with Crippen LogP contribution in [-0.4, -0.2) is 6.61 Å². The van der Waals surface area contributed by atoms with Crippen LogP contribution in [0, 0.1) is 23.6 Å². The van der Waals surface area contributed by atoms with E-state index in [1.165, 1.54) is 82.6 Å². The molecule has 2 unspecified atom stereocenters. The Bertz CT molecular complexity index is 917. The van der Waals surface area contributed by atoms with Crippen molar-refractivity contribution in [2.75, 3.05) is 6.61 Å². The molecule has 0 bridgehead atoms. The average molecular weight is 451 g/mol. The minimum atomic E-state index is -0.236. The highest BCUT2D eigenvalue weighted by molar-refractivity contribution is 5.85. The maximum atomic E-state index is 14.9. The van der Waals surface area contributed by atoms with Gasteiger partial charge in [0.05, 0.1) is 0 Å². The zero-order chi connectivity index (χ0) is 23.0. The van der Waals surface area contributed by atoms with Gasteiger partial charge in [0.2, 0.25) is 0 Å². The smallest absolute Gasteiger partial charge is 0.172 e. The lowest BCUT2D eigenvalue weighted by atomic mass is 9.63. The molecule has 0 spiro atoms. The van der Waals surface area contributed by atoms with Gasteiger partial charge in [0.15, 0.2) is 11.6 Å². The summed E-state index contributed by atoms with van der Waals surface area (Å²) in [5.41, 5.74) is 1.40. The number of halogens is 1. The van der Waals surface area contributed by atoms with Crippen LogP contribution in [0.2, 0.25) is 0 Å². The molecule has 2 aromatic carbocycles. The van der Waals surface area contributed by atoms with Crippen molar-refractivity contribution in [1.29, 1.82) is 0 Å². The fourth-order valence-corrected chi connectivity index (χ4v) is 6.48. The Morgan fingerprint density at radius 3 is 2.61 bits per heavy atom. The van der Waals surface area contributed by atoms with E-state index >= 15 is 0 Å². The van der Waals surface area contributed by atoms with Crippen molar-refractivity contribution in [2.45, 2.75) is 96.8 Å². The molecule has 33 heavy (non-hydrogen) atoms. The van der Waals surface area contributed by atoms with Crippen LogP contribution < -0.4 is 4.74 Å². The molecule has 4 rings (SSSR count). The summed E-state index contributed by atoms with van der Waals surface area (Å²) in [7, 11) is 0. The highest BCUT2D eigenvalue weighted by Gasteiger charge is 2.35. The molecule has 0 radical (unpaired) electrons. The third-order valence-corrected chi connectivity index (χ3v) is 8.42. The number of ether oxygens (including phenoxy) is 1. The minimum Gasteiger partial charge on any atom is -0.486 e. The van der Waals surface area contributed by atoms with Crippen molar-refractivity contribution in [3.63, 3.8) is 0 Å². The number of rotatable bonds is 10. The van der Waals surface area contributed by atoms with Gasteiger partial charge in [-0.25, -0.2) is 4.39 Å². The van der Waals surface area contributed by atoms with Crippen molar-refractivity contribution in [2.24, 2.45) is 17.8 Å². The number of unbranched alkanes of at least 4 members (excludes halogenated alkanes) is 4. The lowest BCUT2D eigenvalue weighted by molar-refractivity contribution is 0.113. The van der Waals surface area contributed by atoms with Gasteiger partial charge < -0.3 is 4.74 Å². The highest BCUT2D eigenvalue weighted by atomic mass is 19.1. The van der Waals surface area contributed by atoms with Gasteiger partial charge in [0.25, 0.3) is 0 Å². The Balaban J connectivity index is 1.33. The summed E-state index contributed by atoms with van der Waals surface area (Å²) in [5.74, 6) is 3.57. The van der Waals surface area contributed by atoms with Crippen LogP contribution in [0.3, 0.4) is 0 Å². The van der Waals surface area contributed by atoms with E-state index in [9.17, 15) is 4.39 Å². The first kappa shape index (κ1) is 24.3. The van der Waals surface area contributed by atoms with Gasteiger partial charge in [-0.15, -0.1) is 0 Å². The molecular formula is C31H43FO. The van der Waals surface area contributed by atoms with E-state index in [0.717, 1.165) is 23.1 Å². The van der Waals surface area contributed by atoms with Crippen LogP contribution in [0.25, 0.3) is 10.8 Å². The predicted molar refractivity (Wildman–Crippen MR) is 139 cm³/mol. The molecule has 0 amide bonds. The summed E-state index contributed by atoms with van der Waals surface area (Å²) in [6, 6.07) is 10.2. The lowest BCUT2D eigenvalue weighted by Gasteiger charge is -2.42. The molecule has 180 valence electrons. The van der Waals surface area contributed by atoms with E-state index in [0.29, 0.717) is 23.7 Å². The highest BCUT2D eigenvalue weighted by Crippen LogP contribution is 2.48. The number of hydrogen-bond acceptors (Lipinski definition) is 1. The number of hydrogen-bond donors (Lipinski definition) is 0. The van der Waals surface area contributed by atoms with Crippen molar-refractivity contribution in [1.82, 2.24) is 0 Å². The van der Waals surface area contributed by atoms with Gasteiger partial charge in [-0.3, -0.25) is 0 Å². The molecule has 0 aliphatic heterocycles. The summed E-state index contributed by atoms with van der Waals surface area (Å²) < 4.78 is 20.5. The summed E-state index contributed by atoms with van der Waals surface area (Å²) in [5, 5.41) is 1.67. The lowest BCUT2D eigenvalue weighted by Crippen LogP contribution is -2.30. The van der Waals surface area contributed by atoms with Gasteiger partial charge in [-0.2, -0.15) is 0 Å². The summed E-state index contributed by atoms with van der Waals surface area (Å²) in [6.07, 6.45) is 20.7. The van der Waals surface area contributed by atoms with Gasteiger partial charge in [0, 0.05) is 5.39 Å². The molecule has 2 heteroatoms. The Labute approximate surface area is 200 Å². The molecule has 4 atom stereocenters. The second-order valence-corrected chi connectivity index (χ2v) is 10.7. The molecule has 2 aromatic rings. The average Bonchev–Trinajstić information content (AvgIpc) is 2.85. The zero-order valence-electron chi connectivity index (χ0n) is 20.8. The van der Waals surface area contributed by atoms with E-state index in [1.807, 2.05) is 31.2 Å². The topological polar surface area (TPSA) is 9.23 Å². The standard InChI is InChI=1S/C31H43FO/c1-3-5-7-8-9-10-23-11-12-25-21-26(14-13-24(25)20-23)27-15-17-29-28(22-27)16-18-30(31(29)32)33-19-6-4-2/h4,6,15-18,22-26H,3,5,7-14,19-21H2,1-2H3/b6-4+/t23?,24-,25?,26-/m1/s1. The fraction of sp³-hybridized carbons (Fsp3) is 0.613. The minimum absolute atomic E-state index is 0.236. The third kappa shape index (κ3) is 6.19. The second-order valence-electron chi connectivity index (χ2n) is 10.7. The van der Waals surface area contributed by atoms with Crippen molar-refractivity contribution in [3.05, 3.63) is 53.9 Å². The van der Waals surface area contributed by atoms with Crippen molar-refractivity contribution in [3.8, 4) is 5.75 Å². The number of fused-ring (bicyclic) bond motifs is 2. The second kappa shape index (κ2) is 12.0. The van der Waals surface area contributed by atoms with E-state index in [-0.39, 0.29) is 5.82 Å². The molecule has 2 fully saturated rings. The van der Waals surface area contributed by atoms with Crippen LogP contribution in [0.1, 0.15) is 102 Å². The van der Waals surface area contributed by atoms with Crippen LogP contribution in [0.15, 0.2) is 42.5 Å². The van der Waals surface area contributed by atoms with Crippen molar-refractivity contribution < 1.29 is 9.13 Å². The summed E-state index contributed by atoms with van der Waals surface area (Å²) in [6.45, 7) is 4.64. The fourth-order valence-electron chi connectivity index (χ4n) is 6.48. The van der Waals surface area contributed by atoms with Crippen LogP contribution in [0.5, 0.6) is 5.75 Å². The Hall–Kier alpha value is -1.83. The SMILES string of the molecule is C/C=C/COc1ccc2cc([C@@H]3CC[C@@H]4CC(CCCCCCC)CCC4C3)ccc2c1F. The molecule has 2 aliphatic carbocycles. The Kier molecular flexibility index (Phi) is 8.87. The molecule has 0 heterocycles. The van der Waals surface area contributed by atoms with Crippen LogP contribution in [-0.2, 0) is 0 Å². The van der Waals surface area contributed by atoms with E-state index in [4.69, 9.17) is 4.74 Å². The van der Waals surface area contributed by atoms with Gasteiger partial charge >= 0.3 is 0 Å². The molecule has 0 saturated heterocycles. The molecule has 0 N–H and O–H groups in total. The van der Waals surface area contributed by atoms with E-state index in [1.54, 1.807) is 6.07 Å². The largest absolute Gasteiger partial charge is 0.486 e. The number of allylic oxidation sites excluding steroid dienone is 1. The van der Waals surface area contributed by atoms with E-state index < -0.39 is 0 Å². The van der Waals surface area contributed by atoms with Gasteiger partial charge in [-0.1, -0.05) is 88.3 Å². The normalized spacial score (nSPS) is 25.4. The maximum Gasteiger partial charge on any atom is 0.172 e. The van der Waals surface area contributed by atoms with Gasteiger partial charge in [0.1, 0.15) is 6.61 Å². The summed E-state index contributed by atoms with van der Waals surface area (Å²) in [4.78, 5) is 0. The van der Waals surface area contributed by atoms with Crippen LogP contribution in [0.4, 0.5) is 4.39 Å². The van der Waals surface area contributed by atoms with E-state index in [2.05, 4.69) is 19.1 Å². The van der Waals surface area contributed by atoms with Crippen molar-refractivity contribution >= 4 is 10.8 Å². The molecule has 1 nitrogen and oxygen atoms in total. The summed E-state index contributed by atoms with van der Waals surface area (Å²) >= 11 is 0. The first-order valence-corrected chi connectivity index (χ1v) is 13.7. The Morgan fingerprint density at radius 1 is 0.939 bits per heavy atom.